The molecule has 0 radical (unpaired) electrons. The van der Waals surface area contributed by atoms with Crippen LogP contribution < -0.4 is 16.6 Å². The monoisotopic (exact) mass is 492 g/mol. The van der Waals surface area contributed by atoms with Crippen LogP contribution in [0.1, 0.15) is 39.9 Å². The Bertz CT molecular complexity index is 1330. The van der Waals surface area contributed by atoms with Crippen LogP contribution >= 0.6 is 0 Å². The maximum atomic E-state index is 13.3. The van der Waals surface area contributed by atoms with Crippen molar-refractivity contribution >= 4 is 27.6 Å². The second-order valence-electron chi connectivity index (χ2n) is 7.82. The number of aliphatic hydroxyl groups is 2. The summed E-state index contributed by atoms with van der Waals surface area (Å²) in [6, 6.07) is 7.56. The molecule has 0 saturated heterocycles. The number of carbonyl (C=O) groups excluding carboxylic acids is 1. The van der Waals surface area contributed by atoms with Crippen molar-refractivity contribution in [3.8, 4) is 0 Å². The number of fused-ring (bicyclic) bond motifs is 1. The lowest BCUT2D eigenvalue weighted by molar-refractivity contribution is -0.0559. The Balaban J connectivity index is 2.20. The summed E-state index contributed by atoms with van der Waals surface area (Å²) in [4.78, 5) is 29.9. The van der Waals surface area contributed by atoms with E-state index in [-0.39, 0.29) is 35.9 Å². The number of pyridine rings is 2. The van der Waals surface area contributed by atoms with Gasteiger partial charge in [-0.3, -0.25) is 14.6 Å². The van der Waals surface area contributed by atoms with Crippen molar-refractivity contribution in [1.82, 2.24) is 14.9 Å². The molecule has 1 atom stereocenters. The molecule has 0 aliphatic rings. The van der Waals surface area contributed by atoms with E-state index in [1.807, 2.05) is 0 Å². The van der Waals surface area contributed by atoms with Gasteiger partial charge in [0.15, 0.2) is 17.0 Å². The number of thiol groups is 1. The molecule has 1 aromatic carbocycles. The van der Waals surface area contributed by atoms with Crippen LogP contribution in [0.25, 0.3) is 11.0 Å². The van der Waals surface area contributed by atoms with Crippen molar-refractivity contribution in [2.24, 2.45) is 5.73 Å². The third-order valence-electron chi connectivity index (χ3n) is 5.42. The molecule has 2 heterocycles. The molecule has 0 fully saturated rings. The normalized spacial score (nSPS) is 12.5. The largest absolute Gasteiger partial charge is 0.368 e. The molecule has 1 amide bonds. The third-order valence-corrected chi connectivity index (χ3v) is 5.90. The number of aromatic nitrogens is 2. The minimum absolute atomic E-state index is 0.00317. The standard InChI is InChI=1S/C22H25FN4O6S/c1-12(22(30)31)17-18(20(24)28)21(29)27(7-6-25-11-34(32)33)16-9-14(10-26-19(16)17)8-13-2-4-15(23)5-3-13/h2-5,9-10,12,22,25,30-31,34H,6-8,11H2,1H3,(H2,24,28). The summed E-state index contributed by atoms with van der Waals surface area (Å²) >= 11 is 0. The second kappa shape index (κ2) is 10.8. The minimum atomic E-state index is -2.66. The highest BCUT2D eigenvalue weighted by molar-refractivity contribution is 7.72. The van der Waals surface area contributed by atoms with Crippen LogP contribution in [0.15, 0.2) is 41.3 Å². The van der Waals surface area contributed by atoms with Gasteiger partial charge in [-0.15, -0.1) is 0 Å². The Labute approximate surface area is 195 Å². The fourth-order valence-corrected chi connectivity index (χ4v) is 4.08. The highest BCUT2D eigenvalue weighted by atomic mass is 32.2. The predicted octanol–water partition coefficient (Wildman–Crippen LogP) is -0.202. The molecule has 12 heteroatoms. The van der Waals surface area contributed by atoms with Gasteiger partial charge in [0.05, 0.1) is 16.9 Å². The maximum Gasteiger partial charge on any atom is 0.264 e. The van der Waals surface area contributed by atoms with E-state index in [1.54, 1.807) is 18.2 Å². The number of carbonyl (C=O) groups is 1. The summed E-state index contributed by atoms with van der Waals surface area (Å²) in [5.74, 6) is -2.76. The van der Waals surface area contributed by atoms with Gasteiger partial charge in [0.2, 0.25) is 0 Å². The van der Waals surface area contributed by atoms with Gasteiger partial charge >= 0.3 is 0 Å². The second-order valence-corrected chi connectivity index (χ2v) is 8.80. The van der Waals surface area contributed by atoms with Crippen molar-refractivity contribution in [2.45, 2.75) is 32.1 Å². The van der Waals surface area contributed by atoms with E-state index in [0.717, 1.165) is 5.56 Å². The van der Waals surface area contributed by atoms with Crippen LogP contribution in [-0.4, -0.2) is 52.8 Å². The average Bonchev–Trinajstić information content (AvgIpc) is 2.77. The fourth-order valence-electron chi connectivity index (χ4n) is 3.73. The summed E-state index contributed by atoms with van der Waals surface area (Å²) < 4.78 is 36.1. The van der Waals surface area contributed by atoms with Gasteiger partial charge in [-0.25, -0.2) is 12.8 Å². The SMILES string of the molecule is CC(c1c(C(N)=O)c(=O)n(CCNC[SH](=O)=O)c2cc(Cc3ccc(F)cc3)cnc12)C(O)O. The summed E-state index contributed by atoms with van der Waals surface area (Å²) in [6.07, 6.45) is 0.00968. The Hall–Kier alpha value is -3.19. The van der Waals surface area contributed by atoms with Gasteiger partial charge in [0, 0.05) is 30.8 Å². The molecule has 1 unspecified atom stereocenters. The average molecular weight is 493 g/mol. The Morgan fingerprint density at radius 3 is 2.50 bits per heavy atom. The summed E-state index contributed by atoms with van der Waals surface area (Å²) in [6.45, 7) is 1.52. The minimum Gasteiger partial charge on any atom is -0.368 e. The molecule has 0 spiro atoms. The van der Waals surface area contributed by atoms with E-state index in [1.165, 1.54) is 29.8 Å². The zero-order valence-corrected chi connectivity index (χ0v) is 19.2. The molecule has 2 aromatic heterocycles. The number of nitrogens with two attached hydrogens (primary N) is 1. The van der Waals surface area contributed by atoms with Crippen molar-refractivity contribution in [3.05, 3.63) is 75.0 Å². The van der Waals surface area contributed by atoms with Crippen LogP contribution in [0.5, 0.6) is 0 Å². The van der Waals surface area contributed by atoms with Crippen molar-refractivity contribution < 1.29 is 27.8 Å². The first-order chi connectivity index (χ1) is 16.1. The summed E-state index contributed by atoms with van der Waals surface area (Å²) in [7, 11) is -2.66. The van der Waals surface area contributed by atoms with Gasteiger partial charge in [-0.05, 0) is 35.7 Å². The lowest BCUT2D eigenvalue weighted by atomic mass is 9.93. The predicted molar refractivity (Wildman–Crippen MR) is 124 cm³/mol. The molecule has 0 saturated carbocycles. The van der Waals surface area contributed by atoms with E-state index >= 15 is 0 Å². The fraction of sp³-hybridized carbons (Fsp3) is 0.318. The molecule has 0 bridgehead atoms. The first-order valence-electron chi connectivity index (χ1n) is 10.4. The van der Waals surface area contributed by atoms with E-state index in [4.69, 9.17) is 5.73 Å². The number of rotatable bonds is 10. The van der Waals surface area contributed by atoms with Crippen molar-refractivity contribution in [1.29, 1.82) is 0 Å². The van der Waals surface area contributed by atoms with Crippen molar-refractivity contribution in [3.63, 3.8) is 0 Å². The smallest absolute Gasteiger partial charge is 0.264 e. The molecule has 3 aromatic rings. The van der Waals surface area contributed by atoms with E-state index < -0.39 is 39.9 Å². The topological polar surface area (TPSA) is 165 Å². The third kappa shape index (κ3) is 5.65. The molecule has 0 aliphatic carbocycles. The van der Waals surface area contributed by atoms with Crippen LogP contribution in [0.3, 0.4) is 0 Å². The number of nitrogens with zero attached hydrogens (tertiary/aromatic N) is 2. The van der Waals surface area contributed by atoms with Crippen LogP contribution in [0.2, 0.25) is 0 Å². The Morgan fingerprint density at radius 2 is 1.91 bits per heavy atom. The molecular weight excluding hydrogens is 467 g/mol. The Morgan fingerprint density at radius 1 is 1.24 bits per heavy atom. The number of amides is 1. The number of halogens is 1. The molecule has 182 valence electrons. The van der Waals surface area contributed by atoms with Gasteiger partial charge in [0.25, 0.3) is 11.5 Å². The van der Waals surface area contributed by atoms with Gasteiger partial charge in [-0.1, -0.05) is 19.1 Å². The first-order valence-corrected chi connectivity index (χ1v) is 11.7. The lowest BCUT2D eigenvalue weighted by Gasteiger charge is -2.21. The molecule has 10 nitrogen and oxygen atoms in total. The van der Waals surface area contributed by atoms with E-state index in [0.29, 0.717) is 17.5 Å². The molecular formula is C22H25FN4O6S. The zero-order chi connectivity index (χ0) is 25.0. The number of primary amides is 1. The summed E-state index contributed by atoms with van der Waals surface area (Å²) in [5.41, 5.74) is 6.30. The van der Waals surface area contributed by atoms with Gasteiger partial charge in [-0.2, -0.15) is 0 Å². The molecule has 34 heavy (non-hydrogen) atoms. The summed E-state index contributed by atoms with van der Waals surface area (Å²) in [5, 5.41) is 22.2. The zero-order valence-electron chi connectivity index (χ0n) is 18.3. The van der Waals surface area contributed by atoms with Gasteiger partial charge in [0.1, 0.15) is 11.4 Å². The first kappa shape index (κ1) is 25.4. The highest BCUT2D eigenvalue weighted by Crippen LogP contribution is 2.28. The molecule has 5 N–H and O–H groups in total. The van der Waals surface area contributed by atoms with Crippen LogP contribution in [-0.2, 0) is 23.7 Å². The number of nitrogens with one attached hydrogen (secondary N) is 1. The van der Waals surface area contributed by atoms with E-state index in [2.05, 4.69) is 10.3 Å². The van der Waals surface area contributed by atoms with Crippen LogP contribution in [0.4, 0.5) is 4.39 Å². The molecule has 3 rings (SSSR count). The number of hydrogen-bond donors (Lipinski definition) is 5. The quantitative estimate of drug-likeness (QED) is 0.147. The Kier molecular flexibility index (Phi) is 8.10. The number of hydrogen-bond acceptors (Lipinski definition) is 8. The lowest BCUT2D eigenvalue weighted by Crippen LogP contribution is -2.36. The van der Waals surface area contributed by atoms with E-state index in [9.17, 15) is 32.6 Å². The maximum absolute atomic E-state index is 13.3. The highest BCUT2D eigenvalue weighted by Gasteiger charge is 2.28. The van der Waals surface area contributed by atoms with Crippen LogP contribution in [0, 0.1) is 5.82 Å². The number of aliphatic hydroxyl groups excluding tert-OH is 1. The van der Waals surface area contributed by atoms with Crippen molar-refractivity contribution in [2.75, 3.05) is 12.4 Å². The molecule has 0 aliphatic heterocycles. The van der Waals surface area contributed by atoms with Gasteiger partial charge < -0.3 is 25.8 Å². The number of benzene rings is 1.